The van der Waals surface area contributed by atoms with Crippen molar-refractivity contribution in [3.05, 3.63) is 47.9 Å². The molecule has 1 unspecified atom stereocenters. The number of anilines is 1. The van der Waals surface area contributed by atoms with E-state index in [0.717, 1.165) is 18.5 Å². The van der Waals surface area contributed by atoms with Gasteiger partial charge in [0, 0.05) is 6.42 Å². The lowest BCUT2D eigenvalue weighted by atomic mass is 9.98. The van der Waals surface area contributed by atoms with E-state index in [2.05, 4.69) is 29.4 Å². The van der Waals surface area contributed by atoms with E-state index in [1.807, 2.05) is 25.1 Å². The molecule has 2 aromatic rings. The minimum atomic E-state index is -0.0487. The molecule has 20 heavy (non-hydrogen) atoms. The molecule has 1 heterocycles. The Morgan fingerprint density at radius 2 is 2.10 bits per heavy atom. The molecule has 1 aromatic heterocycles. The fourth-order valence-corrected chi connectivity index (χ4v) is 2.06. The second-order valence-electron chi connectivity index (χ2n) is 5.18. The Morgan fingerprint density at radius 1 is 1.35 bits per heavy atom. The van der Waals surface area contributed by atoms with Crippen molar-refractivity contribution >= 4 is 11.9 Å². The molecule has 0 fully saturated rings. The zero-order chi connectivity index (χ0) is 14.4. The van der Waals surface area contributed by atoms with E-state index < -0.39 is 0 Å². The lowest BCUT2D eigenvalue weighted by Crippen LogP contribution is -2.15. The zero-order valence-electron chi connectivity index (χ0n) is 11.9. The summed E-state index contributed by atoms with van der Waals surface area (Å²) in [5.41, 5.74) is 2.07. The molecular formula is C16H20N2O2. The van der Waals surface area contributed by atoms with Crippen molar-refractivity contribution < 1.29 is 9.21 Å². The monoisotopic (exact) mass is 272 g/mol. The van der Waals surface area contributed by atoms with Crippen LogP contribution in [-0.4, -0.2) is 10.9 Å². The first kappa shape index (κ1) is 14.3. The highest BCUT2D eigenvalue weighted by molar-refractivity contribution is 5.88. The first-order valence-electron chi connectivity index (χ1n) is 6.89. The van der Waals surface area contributed by atoms with E-state index in [0.29, 0.717) is 12.3 Å². The summed E-state index contributed by atoms with van der Waals surface area (Å²) >= 11 is 0. The Morgan fingerprint density at radius 3 is 2.75 bits per heavy atom. The number of oxazole rings is 1. The number of nitrogens with one attached hydrogen (secondary N) is 1. The van der Waals surface area contributed by atoms with Gasteiger partial charge in [0.1, 0.15) is 6.26 Å². The molecule has 1 atom stereocenters. The van der Waals surface area contributed by atoms with Crippen LogP contribution in [0.1, 0.15) is 31.0 Å². The number of aryl methyl sites for hydroxylation is 2. The van der Waals surface area contributed by atoms with Gasteiger partial charge in [-0.3, -0.25) is 10.1 Å². The Kier molecular flexibility index (Phi) is 4.93. The van der Waals surface area contributed by atoms with Crippen LogP contribution in [-0.2, 0) is 11.2 Å². The second kappa shape index (κ2) is 6.89. The third-order valence-corrected chi connectivity index (χ3v) is 3.17. The maximum atomic E-state index is 11.8. The predicted molar refractivity (Wildman–Crippen MR) is 78.4 cm³/mol. The Bertz CT molecular complexity index is 549. The number of aromatic nitrogens is 1. The highest BCUT2D eigenvalue weighted by atomic mass is 16.4. The summed E-state index contributed by atoms with van der Waals surface area (Å²) in [6.45, 7) is 3.91. The van der Waals surface area contributed by atoms with Gasteiger partial charge in [-0.15, -0.1) is 0 Å². The van der Waals surface area contributed by atoms with Crippen molar-refractivity contribution in [2.75, 3.05) is 5.32 Å². The molecule has 0 aliphatic rings. The summed E-state index contributed by atoms with van der Waals surface area (Å²) in [4.78, 5) is 15.9. The van der Waals surface area contributed by atoms with Crippen molar-refractivity contribution in [3.8, 4) is 0 Å². The Balaban J connectivity index is 1.73. The maximum absolute atomic E-state index is 11.8. The summed E-state index contributed by atoms with van der Waals surface area (Å²) in [6, 6.07) is 10.6. The van der Waals surface area contributed by atoms with Crippen LogP contribution in [0.25, 0.3) is 0 Å². The number of benzene rings is 1. The molecule has 1 aromatic carbocycles. The minimum absolute atomic E-state index is 0.0487. The molecule has 0 bridgehead atoms. The largest absolute Gasteiger partial charge is 0.432 e. The number of carbonyl (C=O) groups excluding carboxylic acids is 1. The number of hydrogen-bond acceptors (Lipinski definition) is 3. The van der Waals surface area contributed by atoms with Crippen molar-refractivity contribution in [2.24, 2.45) is 5.92 Å². The number of carbonyl (C=O) groups is 1. The third kappa shape index (κ3) is 4.53. The van der Waals surface area contributed by atoms with E-state index in [9.17, 15) is 4.79 Å². The zero-order valence-corrected chi connectivity index (χ0v) is 11.9. The molecule has 0 aliphatic carbocycles. The van der Waals surface area contributed by atoms with Crippen LogP contribution in [0.15, 0.2) is 41.0 Å². The molecule has 0 radical (unpaired) electrons. The third-order valence-electron chi connectivity index (χ3n) is 3.17. The van der Waals surface area contributed by atoms with Gasteiger partial charge in [-0.1, -0.05) is 37.3 Å². The quantitative estimate of drug-likeness (QED) is 0.874. The van der Waals surface area contributed by atoms with Crippen molar-refractivity contribution in [3.63, 3.8) is 0 Å². The number of nitrogens with zero attached hydrogens (tertiary/aromatic N) is 1. The number of hydrogen-bond donors (Lipinski definition) is 1. The first-order valence-corrected chi connectivity index (χ1v) is 6.89. The second-order valence-corrected chi connectivity index (χ2v) is 5.18. The van der Waals surface area contributed by atoms with E-state index in [4.69, 9.17) is 4.42 Å². The van der Waals surface area contributed by atoms with Gasteiger partial charge >= 0.3 is 6.01 Å². The fourth-order valence-electron chi connectivity index (χ4n) is 2.06. The summed E-state index contributed by atoms with van der Waals surface area (Å²) in [6.07, 6.45) is 3.98. The molecule has 2 rings (SSSR count). The van der Waals surface area contributed by atoms with Crippen LogP contribution in [0.5, 0.6) is 0 Å². The molecule has 1 amide bonds. The molecule has 4 heteroatoms. The van der Waals surface area contributed by atoms with Crippen LogP contribution in [0.2, 0.25) is 0 Å². The van der Waals surface area contributed by atoms with Crippen LogP contribution in [0.4, 0.5) is 6.01 Å². The predicted octanol–water partition coefficient (Wildman–Crippen LogP) is 3.58. The number of rotatable bonds is 6. The molecule has 106 valence electrons. The summed E-state index contributed by atoms with van der Waals surface area (Å²) < 4.78 is 5.10. The van der Waals surface area contributed by atoms with Crippen LogP contribution in [0, 0.1) is 12.8 Å². The van der Waals surface area contributed by atoms with Gasteiger partial charge in [0.05, 0.1) is 5.69 Å². The first-order chi connectivity index (χ1) is 9.63. The van der Waals surface area contributed by atoms with E-state index in [1.165, 1.54) is 11.8 Å². The minimum Gasteiger partial charge on any atom is -0.432 e. The average molecular weight is 272 g/mol. The van der Waals surface area contributed by atoms with Crippen molar-refractivity contribution in [1.29, 1.82) is 0 Å². The SMILES string of the molecule is Cc1coc(NC(=O)CC(C)CCc2ccccc2)n1. The van der Waals surface area contributed by atoms with Crippen molar-refractivity contribution in [1.82, 2.24) is 4.98 Å². The topological polar surface area (TPSA) is 55.1 Å². The average Bonchev–Trinajstić information content (AvgIpc) is 2.83. The van der Waals surface area contributed by atoms with Gasteiger partial charge in [-0.25, -0.2) is 0 Å². The van der Waals surface area contributed by atoms with Crippen molar-refractivity contribution in [2.45, 2.75) is 33.1 Å². The van der Waals surface area contributed by atoms with Gasteiger partial charge < -0.3 is 4.42 Å². The lowest BCUT2D eigenvalue weighted by Gasteiger charge is -2.10. The number of amides is 1. The summed E-state index contributed by atoms with van der Waals surface area (Å²) in [5, 5.41) is 2.68. The fraction of sp³-hybridized carbons (Fsp3) is 0.375. The molecule has 0 spiro atoms. The molecule has 0 saturated carbocycles. The standard InChI is InChI=1S/C16H20N2O2/c1-12(8-9-14-6-4-3-5-7-14)10-15(19)18-16-17-13(2)11-20-16/h3-7,11-12H,8-10H2,1-2H3,(H,17,18,19). The van der Waals surface area contributed by atoms with E-state index in [1.54, 1.807) is 0 Å². The Hall–Kier alpha value is -2.10. The molecule has 4 nitrogen and oxygen atoms in total. The van der Waals surface area contributed by atoms with Crippen LogP contribution < -0.4 is 5.32 Å². The smallest absolute Gasteiger partial charge is 0.301 e. The van der Waals surface area contributed by atoms with Gasteiger partial charge in [0.15, 0.2) is 0 Å². The summed E-state index contributed by atoms with van der Waals surface area (Å²) in [7, 11) is 0. The van der Waals surface area contributed by atoms with Gasteiger partial charge in [0.2, 0.25) is 5.91 Å². The molecule has 0 saturated heterocycles. The van der Waals surface area contributed by atoms with Crippen LogP contribution in [0.3, 0.4) is 0 Å². The van der Waals surface area contributed by atoms with Gasteiger partial charge in [-0.05, 0) is 31.2 Å². The van der Waals surface area contributed by atoms with E-state index >= 15 is 0 Å². The van der Waals surface area contributed by atoms with Crippen LogP contribution >= 0.6 is 0 Å². The van der Waals surface area contributed by atoms with Gasteiger partial charge in [-0.2, -0.15) is 4.98 Å². The van der Waals surface area contributed by atoms with E-state index in [-0.39, 0.29) is 11.9 Å². The molecule has 1 N–H and O–H groups in total. The Labute approximate surface area is 119 Å². The molecular weight excluding hydrogens is 252 g/mol. The summed E-state index contributed by atoms with van der Waals surface area (Å²) in [5.74, 6) is 0.277. The normalized spacial score (nSPS) is 12.1. The highest BCUT2D eigenvalue weighted by Crippen LogP contribution is 2.14. The molecule has 0 aliphatic heterocycles. The highest BCUT2D eigenvalue weighted by Gasteiger charge is 2.11. The lowest BCUT2D eigenvalue weighted by molar-refractivity contribution is -0.117. The maximum Gasteiger partial charge on any atom is 0.301 e. The van der Waals surface area contributed by atoms with Gasteiger partial charge in [0.25, 0.3) is 0 Å².